The third-order valence-corrected chi connectivity index (χ3v) is 6.85. The highest BCUT2D eigenvalue weighted by molar-refractivity contribution is 5.88. The van der Waals surface area contributed by atoms with Crippen LogP contribution < -0.4 is 22.3 Å². The van der Waals surface area contributed by atoms with Gasteiger partial charge in [0.05, 0.1) is 18.3 Å². The zero-order valence-electron chi connectivity index (χ0n) is 20.3. The lowest BCUT2D eigenvalue weighted by Crippen LogP contribution is -2.48. The van der Waals surface area contributed by atoms with E-state index in [1.54, 1.807) is 42.5 Å². The van der Waals surface area contributed by atoms with E-state index in [1.165, 1.54) is 0 Å². The second-order valence-corrected chi connectivity index (χ2v) is 9.61. The topological polar surface area (TPSA) is 143 Å². The standard InChI is InChI=1S/C26H26F2N6O4/c27-16-10-20(34(11-16)21(35)13-33-12-18(29)24(36)32-26(33)38)25(37)31-22(15-4-2-1-3-5-15)19-9-8-17(14-6-7-14)23(28)30-19/h1-5,8-9,12,14,16,20,22H,6-7,10-11,13,29H2,(H,31,37)(H,32,36,38)/t16-,20+,22+/m1/s1. The molecule has 2 amide bonds. The van der Waals surface area contributed by atoms with Gasteiger partial charge >= 0.3 is 5.69 Å². The maximum absolute atomic E-state index is 14.8. The number of benzene rings is 1. The molecule has 2 aromatic heterocycles. The van der Waals surface area contributed by atoms with E-state index in [-0.39, 0.29) is 30.3 Å². The van der Waals surface area contributed by atoms with Crippen molar-refractivity contribution in [3.63, 3.8) is 0 Å². The van der Waals surface area contributed by atoms with Crippen LogP contribution in [0.5, 0.6) is 0 Å². The van der Waals surface area contributed by atoms with Crippen LogP contribution in [0.4, 0.5) is 14.5 Å². The van der Waals surface area contributed by atoms with Crippen LogP contribution in [0, 0.1) is 5.95 Å². The molecular weight excluding hydrogens is 498 g/mol. The summed E-state index contributed by atoms with van der Waals surface area (Å²) in [5.74, 6) is -1.78. The van der Waals surface area contributed by atoms with Crippen molar-refractivity contribution in [2.75, 3.05) is 12.3 Å². The number of nitrogens with zero attached hydrogens (tertiary/aromatic N) is 3. The summed E-state index contributed by atoms with van der Waals surface area (Å²) in [6, 6.07) is 10.1. The Morgan fingerprint density at radius 1 is 1.16 bits per heavy atom. The van der Waals surface area contributed by atoms with Gasteiger partial charge < -0.3 is 16.0 Å². The number of H-pyrrole nitrogens is 1. The Morgan fingerprint density at radius 3 is 2.58 bits per heavy atom. The maximum atomic E-state index is 14.8. The molecule has 38 heavy (non-hydrogen) atoms. The van der Waals surface area contributed by atoms with Crippen molar-refractivity contribution in [3.8, 4) is 0 Å². The minimum atomic E-state index is -1.46. The van der Waals surface area contributed by atoms with Crippen LogP contribution in [0.1, 0.15) is 48.0 Å². The predicted molar refractivity (Wildman–Crippen MR) is 133 cm³/mol. The Balaban J connectivity index is 1.39. The molecular formula is C26H26F2N6O4. The number of nitrogens with one attached hydrogen (secondary N) is 2. The van der Waals surface area contributed by atoms with Crippen LogP contribution in [-0.2, 0) is 16.1 Å². The molecule has 4 N–H and O–H groups in total. The fourth-order valence-corrected chi connectivity index (χ4v) is 4.72. The van der Waals surface area contributed by atoms with Crippen LogP contribution in [0.3, 0.4) is 0 Å². The number of aromatic nitrogens is 3. The number of amides is 2. The second kappa shape index (κ2) is 10.2. The van der Waals surface area contributed by atoms with Crippen LogP contribution in [0.25, 0.3) is 0 Å². The molecule has 1 saturated carbocycles. The number of hydrogen-bond donors (Lipinski definition) is 3. The summed E-state index contributed by atoms with van der Waals surface area (Å²) < 4.78 is 30.1. The number of likely N-dealkylation sites (tertiary alicyclic amines) is 1. The Morgan fingerprint density at radius 2 is 1.89 bits per heavy atom. The Hall–Kier alpha value is -4.35. The Labute approximate surface area is 215 Å². The summed E-state index contributed by atoms with van der Waals surface area (Å²) in [7, 11) is 0. The van der Waals surface area contributed by atoms with Gasteiger partial charge in [-0.05, 0) is 30.4 Å². The monoisotopic (exact) mass is 524 g/mol. The second-order valence-electron chi connectivity index (χ2n) is 9.61. The van der Waals surface area contributed by atoms with Crippen molar-refractivity contribution in [2.24, 2.45) is 0 Å². The summed E-state index contributed by atoms with van der Waals surface area (Å²) in [6.07, 6.45) is 1.13. The summed E-state index contributed by atoms with van der Waals surface area (Å²) >= 11 is 0. The molecule has 1 saturated heterocycles. The van der Waals surface area contributed by atoms with Crippen molar-refractivity contribution in [1.29, 1.82) is 0 Å². The average Bonchev–Trinajstić information content (AvgIpc) is 3.66. The summed E-state index contributed by atoms with van der Waals surface area (Å²) in [6.45, 7) is -0.892. The van der Waals surface area contributed by atoms with Gasteiger partial charge in [0.1, 0.15) is 24.4 Å². The first-order valence-corrected chi connectivity index (χ1v) is 12.3. The predicted octanol–water partition coefficient (Wildman–Crippen LogP) is 1.38. The highest BCUT2D eigenvalue weighted by Gasteiger charge is 2.41. The van der Waals surface area contributed by atoms with E-state index in [0.29, 0.717) is 11.1 Å². The largest absolute Gasteiger partial charge is 0.393 e. The molecule has 1 aromatic carbocycles. The first-order chi connectivity index (χ1) is 18.2. The fraction of sp³-hybridized carbons (Fsp3) is 0.346. The fourth-order valence-electron chi connectivity index (χ4n) is 4.72. The van der Waals surface area contributed by atoms with Gasteiger partial charge in [0.25, 0.3) is 5.56 Å². The third kappa shape index (κ3) is 5.20. The molecule has 3 aromatic rings. The number of alkyl halides is 1. The van der Waals surface area contributed by atoms with Gasteiger partial charge in [0.2, 0.25) is 17.8 Å². The third-order valence-electron chi connectivity index (χ3n) is 6.85. The zero-order valence-corrected chi connectivity index (χ0v) is 20.3. The molecule has 0 radical (unpaired) electrons. The molecule has 2 aliphatic rings. The SMILES string of the molecule is Nc1cn(CC(=O)N2C[C@H](F)C[C@H]2C(=O)N[C@@H](c2ccccc2)c2ccc(C3CC3)c(F)n2)c(=O)[nH]c1=O. The van der Waals surface area contributed by atoms with Crippen LogP contribution in [-0.4, -0.2) is 50.0 Å². The lowest BCUT2D eigenvalue weighted by molar-refractivity contribution is -0.139. The van der Waals surface area contributed by atoms with Crippen molar-refractivity contribution >= 4 is 17.5 Å². The molecule has 198 valence electrons. The molecule has 2 fully saturated rings. The number of nitrogen functional groups attached to an aromatic ring is 1. The van der Waals surface area contributed by atoms with Gasteiger partial charge in [-0.15, -0.1) is 0 Å². The molecule has 1 aliphatic heterocycles. The smallest absolute Gasteiger partial charge is 0.328 e. The van der Waals surface area contributed by atoms with E-state index in [0.717, 1.165) is 28.5 Å². The maximum Gasteiger partial charge on any atom is 0.328 e. The van der Waals surface area contributed by atoms with Gasteiger partial charge in [-0.2, -0.15) is 4.39 Å². The van der Waals surface area contributed by atoms with E-state index in [2.05, 4.69) is 10.3 Å². The molecule has 0 unspecified atom stereocenters. The van der Waals surface area contributed by atoms with E-state index >= 15 is 0 Å². The van der Waals surface area contributed by atoms with Crippen molar-refractivity contribution in [1.82, 2.24) is 24.8 Å². The van der Waals surface area contributed by atoms with Crippen molar-refractivity contribution in [3.05, 3.63) is 92.3 Å². The minimum absolute atomic E-state index is 0.158. The minimum Gasteiger partial charge on any atom is -0.393 e. The number of hydrogen-bond acceptors (Lipinski definition) is 6. The Kier molecular flexibility index (Phi) is 6.79. The highest BCUT2D eigenvalue weighted by atomic mass is 19.1. The van der Waals surface area contributed by atoms with Crippen LogP contribution >= 0.6 is 0 Å². The summed E-state index contributed by atoms with van der Waals surface area (Å²) in [5, 5.41) is 2.82. The molecule has 0 spiro atoms. The number of pyridine rings is 1. The van der Waals surface area contributed by atoms with Crippen molar-refractivity contribution in [2.45, 2.75) is 50.0 Å². The quantitative estimate of drug-likeness (QED) is 0.399. The van der Waals surface area contributed by atoms with Crippen LogP contribution in [0.15, 0.2) is 58.3 Å². The number of nitrogens with two attached hydrogens (primary N) is 1. The van der Waals surface area contributed by atoms with Gasteiger partial charge in [0.15, 0.2) is 0 Å². The normalized spacial score (nSPS) is 19.8. The first kappa shape index (κ1) is 25.3. The van der Waals surface area contributed by atoms with E-state index in [4.69, 9.17) is 5.73 Å². The van der Waals surface area contributed by atoms with Crippen molar-refractivity contribution < 1.29 is 18.4 Å². The van der Waals surface area contributed by atoms with Gasteiger partial charge in [-0.1, -0.05) is 36.4 Å². The molecule has 10 nitrogen and oxygen atoms in total. The number of halogens is 2. The van der Waals surface area contributed by atoms with Gasteiger partial charge in [-0.3, -0.25) is 23.9 Å². The van der Waals surface area contributed by atoms with E-state index < -0.39 is 53.8 Å². The molecule has 0 bridgehead atoms. The van der Waals surface area contributed by atoms with Gasteiger partial charge in [0, 0.05) is 18.2 Å². The number of aromatic amines is 1. The first-order valence-electron chi connectivity index (χ1n) is 12.3. The molecule has 5 rings (SSSR count). The van der Waals surface area contributed by atoms with Gasteiger partial charge in [-0.25, -0.2) is 14.2 Å². The number of rotatable bonds is 7. The lowest BCUT2D eigenvalue weighted by atomic mass is 10.0. The Bertz CT molecular complexity index is 1490. The van der Waals surface area contributed by atoms with E-state index in [1.807, 2.05) is 4.98 Å². The number of carbonyl (C=O) groups excluding carboxylic acids is 2. The zero-order chi connectivity index (χ0) is 27.0. The molecule has 3 heterocycles. The summed E-state index contributed by atoms with van der Waals surface area (Å²) in [5.41, 5.74) is 5.07. The van der Waals surface area contributed by atoms with Crippen LogP contribution in [0.2, 0.25) is 0 Å². The summed E-state index contributed by atoms with van der Waals surface area (Å²) in [4.78, 5) is 57.2. The molecule has 3 atom stereocenters. The van der Waals surface area contributed by atoms with E-state index in [9.17, 15) is 28.0 Å². The number of carbonyl (C=O) groups is 2. The lowest BCUT2D eigenvalue weighted by Gasteiger charge is -2.27. The number of anilines is 1. The average molecular weight is 525 g/mol. The molecule has 12 heteroatoms. The molecule has 1 aliphatic carbocycles. The highest BCUT2D eigenvalue weighted by Crippen LogP contribution is 2.41.